The van der Waals surface area contributed by atoms with E-state index in [-0.39, 0.29) is 87.8 Å². The number of carbonyl (C=O) groups excluding carboxylic acids is 1. The van der Waals surface area contributed by atoms with Crippen LogP contribution in [0.3, 0.4) is 0 Å². The SMILES string of the molecule is Cc1c(C#N)c(Nc2ccc(Cl)c(S(=O)(=O)O)c2)nc(Nc2ccc(Cl)cc2)c1N=Nc1sc(N=Nc2cc(Cl)ccc2Cl)c(-c2cccc(NC(=O)c3ccccc3C(=O)O)c2)c1C#N. The first-order valence-electron chi connectivity index (χ1n) is 18.7. The molecule has 0 aliphatic carbocycles. The number of nitrogens with zero attached hydrogens (tertiary/aromatic N) is 7. The first-order chi connectivity index (χ1) is 31.5. The first kappa shape index (κ1) is 46.7. The largest absolute Gasteiger partial charge is 0.478 e. The highest BCUT2D eigenvalue weighted by Crippen LogP contribution is 2.49. The van der Waals surface area contributed by atoms with Gasteiger partial charge in [-0.2, -0.15) is 18.9 Å². The average molecular weight is 997 g/mol. The number of hydrogen-bond acceptors (Lipinski definition) is 14. The molecule has 66 heavy (non-hydrogen) atoms. The number of anilines is 5. The fourth-order valence-electron chi connectivity index (χ4n) is 6.21. The Hall–Kier alpha value is -7.26. The van der Waals surface area contributed by atoms with Crippen LogP contribution in [-0.2, 0) is 10.1 Å². The van der Waals surface area contributed by atoms with E-state index < -0.39 is 26.9 Å². The molecule has 5 aromatic carbocycles. The molecular formula is C44H26Cl4N10O6S2. The van der Waals surface area contributed by atoms with Gasteiger partial charge in [-0.05, 0) is 97.4 Å². The summed E-state index contributed by atoms with van der Waals surface area (Å²) < 4.78 is 33.8. The van der Waals surface area contributed by atoms with Gasteiger partial charge in [0.15, 0.2) is 16.6 Å². The minimum atomic E-state index is -4.72. The summed E-state index contributed by atoms with van der Waals surface area (Å²) in [6.45, 7) is 1.58. The predicted molar refractivity (Wildman–Crippen MR) is 254 cm³/mol. The zero-order valence-corrected chi connectivity index (χ0v) is 38.0. The Balaban J connectivity index is 1.36. The average Bonchev–Trinajstić information content (AvgIpc) is 3.64. The van der Waals surface area contributed by atoms with Gasteiger partial charge in [0.25, 0.3) is 16.0 Å². The van der Waals surface area contributed by atoms with Crippen molar-refractivity contribution in [3.05, 3.63) is 157 Å². The van der Waals surface area contributed by atoms with Crippen molar-refractivity contribution in [2.24, 2.45) is 20.5 Å². The Morgan fingerprint density at radius 3 is 2.05 bits per heavy atom. The lowest BCUT2D eigenvalue weighted by Gasteiger charge is -2.16. The number of amides is 1. The highest BCUT2D eigenvalue weighted by Gasteiger charge is 2.24. The lowest BCUT2D eigenvalue weighted by atomic mass is 10.0. The molecule has 16 nitrogen and oxygen atoms in total. The van der Waals surface area contributed by atoms with Crippen molar-refractivity contribution >= 4 is 130 Å². The summed E-state index contributed by atoms with van der Waals surface area (Å²) in [5, 5.41) is 58.4. The summed E-state index contributed by atoms with van der Waals surface area (Å²) in [7, 11) is -4.72. The number of azo groups is 2. The highest BCUT2D eigenvalue weighted by molar-refractivity contribution is 7.86. The van der Waals surface area contributed by atoms with Crippen LogP contribution in [0.15, 0.2) is 135 Å². The number of benzene rings is 5. The number of carbonyl (C=O) groups is 2. The molecule has 7 rings (SSSR count). The number of aromatic nitrogens is 1. The van der Waals surface area contributed by atoms with Crippen molar-refractivity contribution in [3.8, 4) is 23.3 Å². The molecule has 2 aromatic heterocycles. The number of halogens is 4. The molecule has 0 bridgehead atoms. The number of thiophene rings is 1. The molecule has 0 radical (unpaired) electrons. The van der Waals surface area contributed by atoms with Crippen LogP contribution < -0.4 is 16.0 Å². The van der Waals surface area contributed by atoms with E-state index in [0.717, 1.165) is 17.4 Å². The molecule has 0 saturated carbocycles. The van der Waals surface area contributed by atoms with Gasteiger partial charge in [0.05, 0.1) is 26.7 Å². The van der Waals surface area contributed by atoms with E-state index in [4.69, 9.17) is 46.4 Å². The van der Waals surface area contributed by atoms with Gasteiger partial charge in [-0.1, -0.05) is 82.0 Å². The number of hydrogen-bond donors (Lipinski definition) is 5. The van der Waals surface area contributed by atoms with E-state index in [1.807, 2.05) is 0 Å². The molecule has 0 saturated heterocycles. The predicted octanol–water partition coefficient (Wildman–Crippen LogP) is 14.0. The van der Waals surface area contributed by atoms with Gasteiger partial charge in [0.2, 0.25) is 0 Å². The normalized spacial score (nSPS) is 11.3. The standard InChI is InChI=1S/C44H26Cl4N10O6S2/c1-22-31(20-49)39(52-28-14-16-34(48)36(19-28)66(62,63)64)54-40(51-26-12-9-24(45)10-13-26)38(22)56-57-42-32(21-50)37(43(65-42)58-55-35-18-25(46)11-15-33(35)47)23-5-4-6-27(17-23)53-41(59)29-7-2-3-8-30(29)44(60)61/h2-19H,1H3,(H,53,59)(H,60,61)(H2,51,52,54)(H,62,63,64). The van der Waals surface area contributed by atoms with E-state index in [9.17, 15) is 38.2 Å². The minimum Gasteiger partial charge on any atom is -0.478 e. The molecule has 0 aliphatic heterocycles. The van der Waals surface area contributed by atoms with Crippen LogP contribution in [0, 0.1) is 29.6 Å². The maximum atomic E-state index is 13.3. The molecule has 1 amide bonds. The van der Waals surface area contributed by atoms with Crippen LogP contribution in [0.1, 0.15) is 37.4 Å². The summed E-state index contributed by atoms with van der Waals surface area (Å²) in [5.74, 6) is -1.95. The summed E-state index contributed by atoms with van der Waals surface area (Å²) in [4.78, 5) is 29.3. The maximum Gasteiger partial charge on any atom is 0.336 e. The summed E-state index contributed by atoms with van der Waals surface area (Å²) in [5.41, 5.74) is 1.68. The third kappa shape index (κ3) is 10.5. The third-order valence-corrected chi connectivity index (χ3v) is 12.4. The number of nitriles is 2. The van der Waals surface area contributed by atoms with E-state index >= 15 is 0 Å². The Labute approximate surface area is 399 Å². The lowest BCUT2D eigenvalue weighted by Crippen LogP contribution is -2.16. The molecule has 328 valence electrons. The molecule has 0 fully saturated rings. The monoisotopic (exact) mass is 994 g/mol. The van der Waals surface area contributed by atoms with Crippen LogP contribution >= 0.6 is 57.7 Å². The van der Waals surface area contributed by atoms with Gasteiger partial charge in [0, 0.05) is 38.2 Å². The molecule has 2 heterocycles. The fourth-order valence-corrected chi connectivity index (χ4v) is 8.58. The van der Waals surface area contributed by atoms with Crippen LogP contribution in [0.5, 0.6) is 0 Å². The molecule has 22 heteroatoms. The minimum absolute atomic E-state index is 0.0106. The summed E-state index contributed by atoms with van der Waals surface area (Å²) in [6.07, 6.45) is 0. The summed E-state index contributed by atoms with van der Waals surface area (Å²) >= 11 is 25.7. The Kier molecular flexibility index (Phi) is 14.1. The van der Waals surface area contributed by atoms with Gasteiger partial charge < -0.3 is 21.1 Å². The van der Waals surface area contributed by atoms with Crippen molar-refractivity contribution in [1.29, 1.82) is 10.5 Å². The molecule has 0 atom stereocenters. The number of carboxylic acid groups (broad SMARTS) is 1. The zero-order valence-electron chi connectivity index (χ0n) is 33.4. The van der Waals surface area contributed by atoms with E-state index in [1.54, 1.807) is 61.5 Å². The Bertz CT molecular complexity index is 3370. The molecule has 0 unspecified atom stereocenters. The molecule has 5 N–H and O–H groups in total. The number of rotatable bonds is 13. The van der Waals surface area contributed by atoms with E-state index in [2.05, 4.69) is 53.5 Å². The Morgan fingerprint density at radius 2 is 1.35 bits per heavy atom. The maximum absolute atomic E-state index is 13.3. The number of pyridine rings is 1. The lowest BCUT2D eigenvalue weighted by molar-refractivity contribution is 0.0692. The smallest absolute Gasteiger partial charge is 0.336 e. The highest BCUT2D eigenvalue weighted by atomic mass is 35.5. The van der Waals surface area contributed by atoms with Crippen molar-refractivity contribution < 1.29 is 27.7 Å². The van der Waals surface area contributed by atoms with Gasteiger partial charge in [-0.3, -0.25) is 9.35 Å². The fraction of sp³-hybridized carbons (Fsp3) is 0.0227. The first-order valence-corrected chi connectivity index (χ1v) is 22.4. The zero-order chi connectivity index (χ0) is 47.3. The number of aromatic carboxylic acids is 1. The number of carboxylic acids is 1. The van der Waals surface area contributed by atoms with E-state index in [1.165, 1.54) is 48.5 Å². The second-order valence-electron chi connectivity index (χ2n) is 13.6. The van der Waals surface area contributed by atoms with Gasteiger partial charge in [-0.25, -0.2) is 9.78 Å². The quantitative estimate of drug-likeness (QED) is 0.0536. The molecule has 0 spiro atoms. The van der Waals surface area contributed by atoms with Gasteiger partial charge >= 0.3 is 5.97 Å². The molecular weight excluding hydrogens is 970 g/mol. The third-order valence-electron chi connectivity index (χ3n) is 9.30. The molecule has 0 aliphatic rings. The van der Waals surface area contributed by atoms with Crippen LogP contribution in [0.4, 0.5) is 50.1 Å². The van der Waals surface area contributed by atoms with Crippen molar-refractivity contribution in [2.75, 3.05) is 16.0 Å². The van der Waals surface area contributed by atoms with Crippen LogP contribution in [0.2, 0.25) is 20.1 Å². The van der Waals surface area contributed by atoms with Gasteiger partial charge in [0.1, 0.15) is 39.0 Å². The van der Waals surface area contributed by atoms with Crippen LogP contribution in [-0.4, -0.2) is 34.9 Å². The van der Waals surface area contributed by atoms with Crippen LogP contribution in [0.25, 0.3) is 11.1 Å². The topological polar surface area (TPSA) is 255 Å². The van der Waals surface area contributed by atoms with Crippen molar-refractivity contribution in [3.63, 3.8) is 0 Å². The number of nitrogens with one attached hydrogen (secondary N) is 3. The second kappa shape index (κ2) is 19.9. The van der Waals surface area contributed by atoms with Crippen molar-refractivity contribution in [1.82, 2.24) is 4.98 Å². The van der Waals surface area contributed by atoms with E-state index in [0.29, 0.717) is 21.3 Å². The molecule has 7 aromatic rings. The summed E-state index contributed by atoms with van der Waals surface area (Å²) in [6, 6.07) is 31.3. The second-order valence-corrected chi connectivity index (χ2v) is 17.7. The Morgan fingerprint density at radius 1 is 0.697 bits per heavy atom. The van der Waals surface area contributed by atoms with Gasteiger partial charge in [-0.15, -0.1) is 20.5 Å². The van der Waals surface area contributed by atoms with Crippen molar-refractivity contribution in [2.45, 2.75) is 11.8 Å².